The molecule has 206 valence electrons. The van der Waals surface area contributed by atoms with Crippen LogP contribution in [0.3, 0.4) is 0 Å². The monoisotopic (exact) mass is 566 g/mol. The lowest BCUT2D eigenvalue weighted by atomic mass is 10.00. The number of halogens is 5. The summed E-state index contributed by atoms with van der Waals surface area (Å²) >= 11 is 0. The maximum Gasteiger partial charge on any atom is 0.451 e. The summed E-state index contributed by atoms with van der Waals surface area (Å²) in [6, 6.07) is 6.34. The molecule has 5 rings (SSSR count). The number of carbonyl (C=O) groups is 1. The molecule has 3 aromatic rings. The van der Waals surface area contributed by atoms with Gasteiger partial charge in [-0.3, -0.25) is 9.78 Å². The third-order valence-corrected chi connectivity index (χ3v) is 8.65. The van der Waals surface area contributed by atoms with E-state index in [1.807, 2.05) is 6.07 Å². The van der Waals surface area contributed by atoms with E-state index in [-0.39, 0.29) is 35.6 Å². The fourth-order valence-electron chi connectivity index (χ4n) is 4.59. The molecule has 1 aromatic carbocycles. The zero-order valence-electron chi connectivity index (χ0n) is 20.4. The van der Waals surface area contributed by atoms with E-state index in [2.05, 4.69) is 15.0 Å². The first-order valence-corrected chi connectivity index (χ1v) is 13.7. The molecule has 0 amide bonds. The van der Waals surface area contributed by atoms with Crippen LogP contribution in [0.2, 0.25) is 0 Å². The maximum atomic E-state index is 14.3. The molecule has 13 heteroatoms. The van der Waals surface area contributed by atoms with Crippen molar-refractivity contribution in [2.75, 3.05) is 6.54 Å². The topological polar surface area (TPSA) is 93.1 Å². The molecule has 1 saturated heterocycles. The Morgan fingerprint density at radius 2 is 1.72 bits per heavy atom. The lowest BCUT2D eigenvalue weighted by Crippen LogP contribution is -2.40. The minimum absolute atomic E-state index is 0.0934. The molecule has 0 bridgehead atoms. The van der Waals surface area contributed by atoms with Crippen LogP contribution in [0.5, 0.6) is 0 Å². The van der Waals surface area contributed by atoms with E-state index in [4.69, 9.17) is 0 Å². The zero-order chi connectivity index (χ0) is 27.9. The summed E-state index contributed by atoms with van der Waals surface area (Å²) in [7, 11) is -4.23. The lowest BCUT2D eigenvalue weighted by molar-refractivity contribution is -0.145. The number of carbonyl (C=O) groups excluding carboxylic acids is 1. The van der Waals surface area contributed by atoms with Gasteiger partial charge < -0.3 is 0 Å². The van der Waals surface area contributed by atoms with Crippen molar-refractivity contribution in [3.63, 3.8) is 0 Å². The summed E-state index contributed by atoms with van der Waals surface area (Å²) in [6.45, 7) is -0.477. The Balaban J connectivity index is 1.35. The standard InChI is InChI=1S/C26H23F5N4O3S/c27-18-4-6-20(7-5-18)39(37,38)35-14-19(28)11-23(35)24(36)8-1-15-9-21(16-2-3-16)34-22(10-15)17-12-32-25(33-13-17)26(29,30)31/h4-7,9-10,12-13,16,19,23H,1-3,8,11,14H2/t19-,23?/m1/s1. The quantitative estimate of drug-likeness (QED) is 0.361. The average molecular weight is 567 g/mol. The number of aromatic nitrogens is 3. The summed E-state index contributed by atoms with van der Waals surface area (Å²) in [5.74, 6) is -2.16. The van der Waals surface area contributed by atoms with Gasteiger partial charge in [0.25, 0.3) is 0 Å². The van der Waals surface area contributed by atoms with Gasteiger partial charge in [-0.2, -0.15) is 17.5 Å². The molecule has 2 fully saturated rings. The molecule has 0 spiro atoms. The number of hydrogen-bond donors (Lipinski definition) is 0. The van der Waals surface area contributed by atoms with E-state index in [0.29, 0.717) is 11.3 Å². The second kappa shape index (κ2) is 10.3. The Morgan fingerprint density at radius 3 is 2.33 bits per heavy atom. The highest BCUT2D eigenvalue weighted by atomic mass is 32.2. The average Bonchev–Trinajstić information content (AvgIpc) is 3.67. The predicted molar refractivity (Wildman–Crippen MR) is 129 cm³/mol. The van der Waals surface area contributed by atoms with Gasteiger partial charge in [-0.15, -0.1) is 0 Å². The number of alkyl halides is 4. The minimum atomic E-state index is -4.68. The Bertz CT molecular complexity index is 1480. The smallest absolute Gasteiger partial charge is 0.298 e. The van der Waals surface area contributed by atoms with Crippen LogP contribution >= 0.6 is 0 Å². The number of Topliss-reactive ketones (excluding diaryl/α,β-unsaturated/α-hetero) is 1. The molecular formula is C26H23F5N4O3S. The second-order valence-electron chi connectivity index (χ2n) is 9.70. The van der Waals surface area contributed by atoms with Crippen LogP contribution in [0.4, 0.5) is 22.0 Å². The van der Waals surface area contributed by atoms with E-state index in [1.54, 1.807) is 6.07 Å². The number of pyridine rings is 1. The van der Waals surface area contributed by atoms with Gasteiger partial charge in [-0.25, -0.2) is 27.2 Å². The molecule has 7 nitrogen and oxygen atoms in total. The number of sulfonamides is 1. The number of hydrogen-bond acceptors (Lipinski definition) is 6. The van der Waals surface area contributed by atoms with E-state index >= 15 is 0 Å². The highest BCUT2D eigenvalue weighted by Crippen LogP contribution is 2.40. The number of aryl methyl sites for hydroxylation is 1. The molecule has 1 aliphatic heterocycles. The Morgan fingerprint density at radius 1 is 1.05 bits per heavy atom. The van der Waals surface area contributed by atoms with E-state index in [9.17, 15) is 35.2 Å². The van der Waals surface area contributed by atoms with Crippen molar-refractivity contribution in [1.82, 2.24) is 19.3 Å². The van der Waals surface area contributed by atoms with Crippen molar-refractivity contribution in [2.45, 2.75) is 61.3 Å². The minimum Gasteiger partial charge on any atom is -0.298 e. The van der Waals surface area contributed by atoms with Gasteiger partial charge in [0.2, 0.25) is 15.8 Å². The number of rotatable bonds is 8. The fourth-order valence-corrected chi connectivity index (χ4v) is 6.24. The van der Waals surface area contributed by atoms with Gasteiger partial charge in [0, 0.05) is 49.0 Å². The molecule has 2 aliphatic rings. The molecule has 0 radical (unpaired) electrons. The first kappa shape index (κ1) is 27.3. The summed E-state index contributed by atoms with van der Waals surface area (Å²) < 4.78 is 93.2. The van der Waals surface area contributed by atoms with Crippen LogP contribution < -0.4 is 0 Å². The molecule has 1 unspecified atom stereocenters. The zero-order valence-corrected chi connectivity index (χ0v) is 21.2. The van der Waals surface area contributed by atoms with Crippen LogP contribution in [0.15, 0.2) is 53.7 Å². The summed E-state index contributed by atoms with van der Waals surface area (Å²) in [6.07, 6.45) is -2.48. The molecule has 39 heavy (non-hydrogen) atoms. The van der Waals surface area contributed by atoms with Crippen molar-refractivity contribution in [1.29, 1.82) is 0 Å². The van der Waals surface area contributed by atoms with Gasteiger partial charge in [-0.05, 0) is 61.2 Å². The van der Waals surface area contributed by atoms with Gasteiger partial charge in [0.05, 0.1) is 16.6 Å². The largest absolute Gasteiger partial charge is 0.451 e. The maximum absolute atomic E-state index is 14.3. The van der Waals surface area contributed by atoms with Crippen LogP contribution in [-0.2, 0) is 27.4 Å². The molecule has 2 aromatic heterocycles. The normalized spacial score (nSPS) is 20.3. The van der Waals surface area contributed by atoms with Gasteiger partial charge in [0.1, 0.15) is 12.0 Å². The Kier molecular flexibility index (Phi) is 7.23. The fraction of sp³-hybridized carbons (Fsp3) is 0.385. The Labute approximate surface area is 221 Å². The first-order chi connectivity index (χ1) is 18.4. The molecular weight excluding hydrogens is 543 g/mol. The molecule has 1 aliphatic carbocycles. The summed E-state index contributed by atoms with van der Waals surface area (Å²) in [4.78, 5) is 24.2. The highest BCUT2D eigenvalue weighted by Gasteiger charge is 2.43. The lowest BCUT2D eigenvalue weighted by Gasteiger charge is -2.23. The number of ketones is 1. The van der Waals surface area contributed by atoms with E-state index < -0.39 is 52.4 Å². The van der Waals surface area contributed by atoms with Crippen molar-refractivity contribution >= 4 is 15.8 Å². The van der Waals surface area contributed by atoms with E-state index in [1.165, 1.54) is 0 Å². The van der Waals surface area contributed by atoms with Crippen molar-refractivity contribution < 1.29 is 35.2 Å². The molecule has 3 heterocycles. The highest BCUT2D eigenvalue weighted by molar-refractivity contribution is 7.89. The molecule has 2 atom stereocenters. The van der Waals surface area contributed by atoms with Crippen LogP contribution in [0, 0.1) is 5.82 Å². The first-order valence-electron chi connectivity index (χ1n) is 12.3. The van der Waals surface area contributed by atoms with Crippen molar-refractivity contribution in [3.8, 4) is 11.3 Å². The van der Waals surface area contributed by atoms with Gasteiger partial charge >= 0.3 is 6.18 Å². The van der Waals surface area contributed by atoms with Crippen molar-refractivity contribution in [3.05, 3.63) is 71.7 Å². The predicted octanol–water partition coefficient (Wildman–Crippen LogP) is 4.88. The number of nitrogens with zero attached hydrogens (tertiary/aromatic N) is 4. The Hall–Kier alpha value is -3.32. The van der Waals surface area contributed by atoms with Gasteiger partial charge in [-0.1, -0.05) is 0 Å². The van der Waals surface area contributed by atoms with E-state index in [0.717, 1.165) is 59.5 Å². The van der Waals surface area contributed by atoms with Crippen molar-refractivity contribution in [2.24, 2.45) is 0 Å². The molecule has 0 N–H and O–H groups in total. The van der Waals surface area contributed by atoms with Crippen LogP contribution in [-0.4, -0.2) is 52.2 Å². The second-order valence-corrected chi connectivity index (χ2v) is 11.6. The van der Waals surface area contributed by atoms with Crippen LogP contribution in [0.1, 0.15) is 48.7 Å². The van der Waals surface area contributed by atoms with Gasteiger partial charge in [0.15, 0.2) is 5.78 Å². The third-order valence-electron chi connectivity index (χ3n) is 6.76. The molecule has 1 saturated carbocycles. The summed E-state index contributed by atoms with van der Waals surface area (Å²) in [5.41, 5.74) is 2.06. The van der Waals surface area contributed by atoms with Crippen LogP contribution in [0.25, 0.3) is 11.3 Å². The summed E-state index contributed by atoms with van der Waals surface area (Å²) in [5, 5.41) is 0. The SMILES string of the molecule is O=C(CCc1cc(-c2cnc(C(F)(F)F)nc2)nc(C2CC2)c1)C1C[C@@H](F)CN1S(=O)(=O)c1ccc(F)cc1. The number of benzene rings is 1. The third kappa shape index (κ3) is 5.98.